The van der Waals surface area contributed by atoms with Crippen LogP contribution in [0.15, 0.2) is 67.0 Å². The summed E-state index contributed by atoms with van der Waals surface area (Å²) in [5.74, 6) is -0.558. The first-order valence-electron chi connectivity index (χ1n) is 13.7. The van der Waals surface area contributed by atoms with Gasteiger partial charge in [-0.2, -0.15) is 0 Å². The first-order valence-corrected chi connectivity index (χ1v) is 13.7. The molecule has 4 heterocycles. The lowest BCUT2D eigenvalue weighted by atomic mass is 9.99. The zero-order valence-electron chi connectivity index (χ0n) is 22.8. The van der Waals surface area contributed by atoms with Gasteiger partial charge in [0.25, 0.3) is 11.7 Å². The van der Waals surface area contributed by atoms with Crippen LogP contribution in [0.5, 0.6) is 5.75 Å². The highest BCUT2D eigenvalue weighted by molar-refractivity contribution is 6.47. The number of hydrogen-bond acceptors (Lipinski definition) is 7. The average molecular weight is 553 g/mol. The molecule has 1 saturated carbocycles. The number of rotatable bonds is 5. The van der Waals surface area contributed by atoms with Crippen molar-refractivity contribution in [2.24, 2.45) is 7.05 Å². The number of nitrogens with zero attached hydrogens (tertiary/aromatic N) is 5. The van der Waals surface area contributed by atoms with E-state index in [0.717, 1.165) is 41.9 Å². The Morgan fingerprint density at radius 2 is 1.80 bits per heavy atom. The topological polar surface area (TPSA) is 92.6 Å². The Hall–Kier alpha value is -4.73. The summed E-state index contributed by atoms with van der Waals surface area (Å²) in [6.45, 7) is 3.99. The molecule has 0 unspecified atom stereocenters. The molecule has 0 radical (unpaired) electrons. The minimum absolute atomic E-state index is 0.0939. The lowest BCUT2D eigenvalue weighted by Crippen LogP contribution is -2.62. The second-order valence-corrected chi connectivity index (χ2v) is 11.0. The third kappa shape index (κ3) is 4.30. The number of anilines is 3. The van der Waals surface area contributed by atoms with E-state index < -0.39 is 17.5 Å². The molecule has 3 aliphatic rings. The largest absolute Gasteiger partial charge is 0.483 e. The van der Waals surface area contributed by atoms with Crippen molar-refractivity contribution in [3.8, 4) is 16.9 Å². The number of carbonyl (C=O) groups is 2. The number of nitrogens with one attached hydrogen (secondary N) is 1. The molecule has 10 heteroatoms. The number of aryl methyl sites for hydroxylation is 1. The van der Waals surface area contributed by atoms with Crippen LogP contribution in [0.4, 0.5) is 21.7 Å². The fraction of sp³-hybridized carbons (Fsp3) is 0.290. The molecular weight excluding hydrogens is 523 g/mol. The molecule has 1 N–H and O–H groups in total. The summed E-state index contributed by atoms with van der Waals surface area (Å²) in [5, 5.41) is 2.80. The lowest BCUT2D eigenvalue weighted by molar-refractivity contribution is -0.112. The highest BCUT2D eigenvalue weighted by atomic mass is 19.1. The molecule has 208 valence electrons. The van der Waals surface area contributed by atoms with E-state index in [-0.39, 0.29) is 11.6 Å². The number of fused-ring (bicyclic) bond motifs is 4. The van der Waals surface area contributed by atoms with Gasteiger partial charge in [-0.05, 0) is 43.5 Å². The molecule has 2 aliphatic heterocycles. The number of Topliss-reactive ketones (excluding diaryl/α,β-unsaturated/α-hetero) is 1. The molecule has 0 bridgehead atoms. The van der Waals surface area contributed by atoms with Crippen molar-refractivity contribution >= 4 is 29.0 Å². The summed E-state index contributed by atoms with van der Waals surface area (Å²) < 4.78 is 21.7. The van der Waals surface area contributed by atoms with Crippen LogP contribution in [-0.2, 0) is 11.8 Å². The molecule has 2 aromatic carbocycles. The second kappa shape index (κ2) is 9.43. The molecule has 2 aromatic heterocycles. The number of ether oxygens (including phenoxy) is 1. The second-order valence-electron chi connectivity index (χ2n) is 11.0. The van der Waals surface area contributed by atoms with E-state index in [4.69, 9.17) is 4.74 Å². The summed E-state index contributed by atoms with van der Waals surface area (Å²) in [6, 6.07) is 17.2. The van der Waals surface area contributed by atoms with Gasteiger partial charge in [-0.1, -0.05) is 30.3 Å². The molecule has 1 amide bonds. The number of benzene rings is 2. The summed E-state index contributed by atoms with van der Waals surface area (Å²) >= 11 is 0. The smallest absolute Gasteiger partial charge is 0.298 e. The van der Waals surface area contributed by atoms with E-state index in [1.165, 1.54) is 12.4 Å². The van der Waals surface area contributed by atoms with E-state index in [0.29, 0.717) is 36.2 Å². The number of amides is 1. The molecule has 1 saturated heterocycles. The maximum absolute atomic E-state index is 13.4. The molecular formula is C31H29FN6O3. The molecule has 1 spiro atoms. The highest BCUT2D eigenvalue weighted by Crippen LogP contribution is 2.53. The maximum Gasteiger partial charge on any atom is 0.298 e. The monoisotopic (exact) mass is 552 g/mol. The molecule has 9 nitrogen and oxygen atoms in total. The van der Waals surface area contributed by atoms with Gasteiger partial charge in [-0.25, -0.2) is 14.4 Å². The van der Waals surface area contributed by atoms with Gasteiger partial charge in [0, 0.05) is 49.7 Å². The number of ketones is 1. The predicted molar refractivity (Wildman–Crippen MR) is 153 cm³/mol. The van der Waals surface area contributed by atoms with Gasteiger partial charge in [0.15, 0.2) is 5.82 Å². The van der Waals surface area contributed by atoms with Crippen LogP contribution in [0.3, 0.4) is 0 Å². The van der Waals surface area contributed by atoms with Crippen molar-refractivity contribution in [1.29, 1.82) is 0 Å². The van der Waals surface area contributed by atoms with Crippen LogP contribution in [0.2, 0.25) is 0 Å². The van der Waals surface area contributed by atoms with Gasteiger partial charge < -0.3 is 24.4 Å². The van der Waals surface area contributed by atoms with Gasteiger partial charge in [0.2, 0.25) is 5.95 Å². The summed E-state index contributed by atoms with van der Waals surface area (Å²) in [7, 11) is 1.79. The van der Waals surface area contributed by atoms with Crippen molar-refractivity contribution in [3.63, 3.8) is 0 Å². The third-order valence-electron chi connectivity index (χ3n) is 8.44. The van der Waals surface area contributed by atoms with Crippen molar-refractivity contribution < 1.29 is 18.7 Å². The van der Waals surface area contributed by atoms with Crippen LogP contribution in [0.1, 0.15) is 29.0 Å². The van der Waals surface area contributed by atoms with Crippen LogP contribution in [0, 0.1) is 12.7 Å². The Morgan fingerprint density at radius 3 is 2.54 bits per heavy atom. The summed E-state index contributed by atoms with van der Waals surface area (Å²) in [6.07, 6.45) is 4.21. The zero-order chi connectivity index (χ0) is 28.3. The van der Waals surface area contributed by atoms with Crippen molar-refractivity contribution in [1.82, 2.24) is 14.5 Å². The third-order valence-corrected chi connectivity index (χ3v) is 8.44. The Morgan fingerprint density at radius 1 is 1.05 bits per heavy atom. The molecule has 2 fully saturated rings. The fourth-order valence-electron chi connectivity index (χ4n) is 6.07. The van der Waals surface area contributed by atoms with Gasteiger partial charge in [0.1, 0.15) is 17.0 Å². The van der Waals surface area contributed by atoms with Gasteiger partial charge in [-0.3, -0.25) is 9.59 Å². The van der Waals surface area contributed by atoms with Crippen LogP contribution < -0.4 is 19.9 Å². The number of carbonyl (C=O) groups excluding carboxylic acids is 2. The van der Waals surface area contributed by atoms with E-state index in [2.05, 4.69) is 25.1 Å². The van der Waals surface area contributed by atoms with E-state index in [9.17, 15) is 14.0 Å². The Bertz CT molecular complexity index is 1670. The van der Waals surface area contributed by atoms with Gasteiger partial charge >= 0.3 is 0 Å². The molecule has 7 rings (SSSR count). The predicted octanol–water partition coefficient (Wildman–Crippen LogP) is 4.37. The molecule has 41 heavy (non-hydrogen) atoms. The summed E-state index contributed by atoms with van der Waals surface area (Å²) in [4.78, 5) is 39.4. The van der Waals surface area contributed by atoms with Crippen molar-refractivity contribution in [3.05, 3.63) is 84.2 Å². The normalized spacial score (nSPS) is 18.4. The van der Waals surface area contributed by atoms with Crippen LogP contribution in [0.25, 0.3) is 11.1 Å². The highest BCUT2D eigenvalue weighted by Gasteiger charge is 2.58. The molecule has 1 atom stereocenters. The van der Waals surface area contributed by atoms with Crippen LogP contribution in [-0.4, -0.2) is 57.5 Å². The number of hydrogen-bond donors (Lipinski definition) is 1. The number of aromatic nitrogens is 3. The quantitative estimate of drug-likeness (QED) is 0.290. The van der Waals surface area contributed by atoms with E-state index >= 15 is 0 Å². The van der Waals surface area contributed by atoms with Crippen molar-refractivity contribution in [2.45, 2.75) is 31.4 Å². The summed E-state index contributed by atoms with van der Waals surface area (Å²) in [5.41, 5.74) is 3.95. The lowest BCUT2D eigenvalue weighted by Gasteiger charge is -2.49. The fourth-order valence-corrected chi connectivity index (χ4v) is 6.07. The van der Waals surface area contributed by atoms with Gasteiger partial charge in [0.05, 0.1) is 24.1 Å². The Kier molecular flexibility index (Phi) is 5.81. The van der Waals surface area contributed by atoms with E-state index in [1.807, 2.05) is 49.4 Å². The number of piperazine rings is 1. The minimum Gasteiger partial charge on any atom is -0.483 e. The van der Waals surface area contributed by atoms with E-state index in [1.54, 1.807) is 23.7 Å². The van der Waals surface area contributed by atoms with Crippen LogP contribution >= 0.6 is 0 Å². The Balaban J connectivity index is 1.12. The SMILES string of the molecule is Cc1cc(-c2ccccc2)c(C(=O)C(=O)Nc2ccc3c(c2)OC2(CC2)[C@@H]2CN(c4ncc(F)cn4)CCN32)n1C. The molecule has 4 aromatic rings. The molecule has 1 aliphatic carbocycles. The first-order chi connectivity index (χ1) is 19.8. The average Bonchev–Trinajstić information content (AvgIpc) is 3.69. The maximum atomic E-state index is 13.4. The standard InChI is InChI=1S/C31H29FN6O3/c1-19-14-23(20-6-4-3-5-7-20)27(36(19)2)28(39)29(40)35-22-8-9-24-25(15-22)41-31(10-11-31)26-18-37(12-13-38(24)26)30-33-16-21(32)17-34-30/h3-9,14-17,26H,10-13,18H2,1-2H3,(H,35,40)/t26-/m0/s1. The minimum atomic E-state index is -0.703. The number of halogens is 1. The van der Waals surface area contributed by atoms with Crippen molar-refractivity contribution in [2.75, 3.05) is 34.8 Å². The zero-order valence-corrected chi connectivity index (χ0v) is 22.8. The van der Waals surface area contributed by atoms with Gasteiger partial charge in [-0.15, -0.1) is 0 Å². The first kappa shape index (κ1) is 25.3. The Labute approximate surface area is 236 Å².